The first-order valence-corrected chi connectivity index (χ1v) is 11.7. The first-order chi connectivity index (χ1) is 16.5. The molecule has 5 rings (SSSR count). The van der Waals surface area contributed by atoms with E-state index >= 15 is 0 Å². The number of aromatic nitrogens is 3. The second-order valence-corrected chi connectivity index (χ2v) is 9.01. The zero-order chi connectivity index (χ0) is 23.7. The topological polar surface area (TPSA) is 73.9 Å². The van der Waals surface area contributed by atoms with Crippen LogP contribution < -0.4 is 10.5 Å². The van der Waals surface area contributed by atoms with Crippen LogP contribution in [0.2, 0.25) is 0 Å². The number of amides is 1. The van der Waals surface area contributed by atoms with Gasteiger partial charge in [-0.25, -0.2) is 13.8 Å². The summed E-state index contributed by atoms with van der Waals surface area (Å²) in [5.41, 5.74) is 3.05. The highest BCUT2D eigenvalue weighted by molar-refractivity contribution is 6.33. The molecule has 1 aliphatic rings. The van der Waals surface area contributed by atoms with Crippen molar-refractivity contribution in [2.24, 2.45) is 0 Å². The number of piperidine rings is 1. The first-order valence-electron chi connectivity index (χ1n) is 11.2. The fraction of sp³-hybridized carbons (Fsp3) is 0.240. The number of rotatable bonds is 5. The van der Waals surface area contributed by atoms with Gasteiger partial charge >= 0.3 is 0 Å². The Morgan fingerprint density at radius 3 is 2.76 bits per heavy atom. The van der Waals surface area contributed by atoms with Gasteiger partial charge in [0.1, 0.15) is 17.2 Å². The highest BCUT2D eigenvalue weighted by Gasteiger charge is 2.20. The summed E-state index contributed by atoms with van der Waals surface area (Å²) in [5.74, 6) is -2.80. The molecule has 1 aliphatic heterocycles. The molecular weight excluding hydrogens is 452 g/mol. The van der Waals surface area contributed by atoms with Crippen LogP contribution in [-0.4, -0.2) is 49.3 Å². The third-order valence-corrected chi connectivity index (χ3v) is 6.44. The highest BCUT2D eigenvalue weighted by Crippen LogP contribution is 2.28. The first kappa shape index (κ1) is 22.4. The van der Waals surface area contributed by atoms with E-state index in [1.807, 2.05) is 12.1 Å². The van der Waals surface area contributed by atoms with Gasteiger partial charge in [0, 0.05) is 17.5 Å². The Morgan fingerprint density at radius 1 is 1.12 bits per heavy atom. The van der Waals surface area contributed by atoms with Crippen molar-refractivity contribution < 1.29 is 13.6 Å². The third-order valence-electron chi connectivity index (χ3n) is 6.06. The third kappa shape index (κ3) is 4.49. The zero-order valence-corrected chi connectivity index (χ0v) is 19.4. The minimum absolute atomic E-state index is 0.00156. The van der Waals surface area contributed by atoms with Crippen LogP contribution in [0.25, 0.3) is 22.3 Å². The molecule has 2 aromatic carbocycles. The molecule has 3 heterocycles. The van der Waals surface area contributed by atoms with E-state index in [1.165, 1.54) is 37.1 Å². The van der Waals surface area contributed by atoms with Gasteiger partial charge in [0.05, 0.1) is 27.8 Å². The lowest BCUT2D eigenvalue weighted by Gasteiger charge is -2.26. The van der Waals surface area contributed by atoms with E-state index in [1.54, 1.807) is 6.07 Å². The maximum absolute atomic E-state index is 14.3. The molecule has 0 atom stereocenters. The van der Waals surface area contributed by atoms with Crippen LogP contribution in [0.5, 0.6) is 0 Å². The van der Waals surface area contributed by atoms with Crippen molar-refractivity contribution >= 4 is 38.1 Å². The molecule has 0 bridgehead atoms. The van der Waals surface area contributed by atoms with E-state index in [2.05, 4.69) is 47.8 Å². The average molecular weight is 475 g/mol. The Labute approximate surface area is 198 Å². The second kappa shape index (κ2) is 9.44. The molecule has 0 aliphatic carbocycles. The molecule has 4 aromatic rings. The smallest absolute Gasteiger partial charge is 0.261 e. The number of carbonyl (C=O) groups is 1. The SMILES string of the molecule is O=C(Nc1cnc2n[nH]c(-c3cccc(CN4CCCCC4)c3)c2c1)c1c(F)ccc([Si])c1F. The number of H-pyrrole nitrogens is 1. The van der Waals surface area contributed by atoms with Crippen LogP contribution in [0.15, 0.2) is 48.7 Å². The molecule has 2 N–H and O–H groups in total. The van der Waals surface area contributed by atoms with Crippen LogP contribution in [0.4, 0.5) is 14.5 Å². The van der Waals surface area contributed by atoms with Gasteiger partial charge < -0.3 is 5.32 Å². The lowest BCUT2D eigenvalue weighted by atomic mass is 10.0. The predicted molar refractivity (Wildman–Crippen MR) is 128 cm³/mol. The summed E-state index contributed by atoms with van der Waals surface area (Å²) in [5, 5.41) is 10.5. The lowest BCUT2D eigenvalue weighted by Crippen LogP contribution is -2.29. The van der Waals surface area contributed by atoms with Gasteiger partial charge in [-0.05, 0) is 54.9 Å². The Bertz CT molecular complexity index is 1370. The number of anilines is 1. The van der Waals surface area contributed by atoms with E-state index < -0.39 is 23.1 Å². The number of likely N-dealkylation sites (tertiary alicyclic amines) is 1. The minimum Gasteiger partial charge on any atom is -0.320 e. The van der Waals surface area contributed by atoms with Crippen molar-refractivity contribution in [2.75, 3.05) is 18.4 Å². The lowest BCUT2D eigenvalue weighted by molar-refractivity contribution is 0.101. The van der Waals surface area contributed by atoms with Crippen LogP contribution in [-0.2, 0) is 6.54 Å². The molecule has 0 spiro atoms. The van der Waals surface area contributed by atoms with Gasteiger partial charge in [0.2, 0.25) is 0 Å². The standard InChI is InChI=1S/C25H22F2N5OSi/c26-19-7-8-20(34)22(27)21(19)25(33)29-17-12-18-23(30-31-24(18)28-13-17)16-6-4-5-15(11-16)14-32-9-2-1-3-10-32/h4-8,11-13H,1-3,9-10,14H2,(H,29,33)(H,28,30,31). The summed E-state index contributed by atoms with van der Waals surface area (Å²) in [4.78, 5) is 19.4. The maximum Gasteiger partial charge on any atom is 0.261 e. The molecule has 9 heteroatoms. The van der Waals surface area contributed by atoms with Gasteiger partial charge in [-0.3, -0.25) is 14.8 Å². The fourth-order valence-electron chi connectivity index (χ4n) is 4.34. The Balaban J connectivity index is 1.42. The summed E-state index contributed by atoms with van der Waals surface area (Å²) >= 11 is 0. The Hall–Kier alpha value is -3.43. The molecule has 171 valence electrons. The average Bonchev–Trinajstić information content (AvgIpc) is 3.26. The summed E-state index contributed by atoms with van der Waals surface area (Å²) in [7, 11) is 3.04. The summed E-state index contributed by atoms with van der Waals surface area (Å²) in [6.07, 6.45) is 5.17. The molecule has 3 radical (unpaired) electrons. The van der Waals surface area contributed by atoms with Crippen molar-refractivity contribution in [2.45, 2.75) is 25.8 Å². The van der Waals surface area contributed by atoms with Gasteiger partial charge in [-0.2, -0.15) is 5.10 Å². The summed E-state index contributed by atoms with van der Waals surface area (Å²) in [6, 6.07) is 12.2. The zero-order valence-electron chi connectivity index (χ0n) is 18.4. The minimum atomic E-state index is -0.960. The number of benzene rings is 2. The van der Waals surface area contributed by atoms with Gasteiger partial charge in [-0.1, -0.05) is 30.7 Å². The monoisotopic (exact) mass is 474 g/mol. The van der Waals surface area contributed by atoms with Crippen molar-refractivity contribution in [3.63, 3.8) is 0 Å². The number of aromatic amines is 1. The number of carbonyl (C=O) groups excluding carboxylic acids is 1. The summed E-state index contributed by atoms with van der Waals surface area (Å²) < 4.78 is 28.4. The van der Waals surface area contributed by atoms with Gasteiger partial charge in [0.25, 0.3) is 5.91 Å². The molecule has 34 heavy (non-hydrogen) atoms. The number of hydrogen-bond acceptors (Lipinski definition) is 4. The second-order valence-electron chi connectivity index (χ2n) is 8.47. The quantitative estimate of drug-likeness (QED) is 0.430. The van der Waals surface area contributed by atoms with E-state index in [0.29, 0.717) is 16.7 Å². The predicted octanol–water partition coefficient (Wildman–Crippen LogP) is 3.94. The number of pyridine rings is 1. The van der Waals surface area contributed by atoms with Crippen molar-refractivity contribution in [3.8, 4) is 11.3 Å². The molecule has 0 saturated carbocycles. The number of halogens is 2. The van der Waals surface area contributed by atoms with Crippen LogP contribution in [0.1, 0.15) is 35.2 Å². The number of nitrogens with zero attached hydrogens (tertiary/aromatic N) is 3. The Kier molecular flexibility index (Phi) is 6.21. The Morgan fingerprint density at radius 2 is 1.94 bits per heavy atom. The normalized spacial score (nSPS) is 14.4. The maximum atomic E-state index is 14.3. The molecule has 6 nitrogen and oxygen atoms in total. The molecule has 2 aromatic heterocycles. The number of hydrogen-bond donors (Lipinski definition) is 2. The van der Waals surface area contributed by atoms with E-state index in [-0.39, 0.29) is 5.19 Å². The number of nitrogens with one attached hydrogen (secondary N) is 2. The highest BCUT2D eigenvalue weighted by atomic mass is 28.1. The molecule has 1 saturated heterocycles. The van der Waals surface area contributed by atoms with Gasteiger partial charge in [0.15, 0.2) is 5.65 Å². The van der Waals surface area contributed by atoms with Gasteiger partial charge in [-0.15, -0.1) is 0 Å². The van der Waals surface area contributed by atoms with Crippen molar-refractivity contribution in [3.05, 3.63) is 71.4 Å². The van der Waals surface area contributed by atoms with E-state index in [0.717, 1.165) is 37.0 Å². The molecular formula is C25H22F2N5OSi. The molecule has 1 fully saturated rings. The van der Waals surface area contributed by atoms with Crippen LogP contribution in [0.3, 0.4) is 0 Å². The van der Waals surface area contributed by atoms with E-state index in [9.17, 15) is 13.6 Å². The number of fused-ring (bicyclic) bond motifs is 1. The molecule has 0 unspecified atom stereocenters. The summed E-state index contributed by atoms with van der Waals surface area (Å²) in [6.45, 7) is 3.12. The van der Waals surface area contributed by atoms with E-state index in [4.69, 9.17) is 0 Å². The van der Waals surface area contributed by atoms with Crippen molar-refractivity contribution in [1.82, 2.24) is 20.1 Å². The van der Waals surface area contributed by atoms with Crippen LogP contribution >= 0.6 is 0 Å². The largest absolute Gasteiger partial charge is 0.320 e. The van der Waals surface area contributed by atoms with Crippen molar-refractivity contribution in [1.29, 1.82) is 0 Å². The molecule has 1 amide bonds. The fourth-order valence-corrected chi connectivity index (χ4v) is 4.55. The van der Waals surface area contributed by atoms with Crippen LogP contribution in [0, 0.1) is 11.6 Å².